The number of anilines is 2. The molecule has 0 saturated carbocycles. The van der Waals surface area contributed by atoms with Gasteiger partial charge in [-0.1, -0.05) is 12.1 Å². The summed E-state index contributed by atoms with van der Waals surface area (Å²) in [5, 5.41) is 12.9. The van der Waals surface area contributed by atoms with Gasteiger partial charge >= 0.3 is 0 Å². The molecule has 2 heterocycles. The van der Waals surface area contributed by atoms with E-state index >= 15 is 0 Å². The van der Waals surface area contributed by atoms with E-state index in [0.717, 1.165) is 28.4 Å². The number of hydrogen-bond donors (Lipinski definition) is 1. The third-order valence-electron chi connectivity index (χ3n) is 5.26. The number of hydrogen-bond acceptors (Lipinski definition) is 4. The normalized spacial score (nSPS) is 15.6. The van der Waals surface area contributed by atoms with E-state index in [0.29, 0.717) is 11.3 Å². The van der Waals surface area contributed by atoms with Crippen LogP contribution in [0.15, 0.2) is 54.6 Å². The molecular weight excluding hydrogens is 352 g/mol. The van der Waals surface area contributed by atoms with Crippen molar-refractivity contribution in [2.45, 2.75) is 13.1 Å². The average Bonchev–Trinajstić information content (AvgIpc) is 3.02. The van der Waals surface area contributed by atoms with E-state index in [1.54, 1.807) is 12.0 Å². The minimum Gasteiger partial charge on any atom is -0.497 e. The minimum absolute atomic E-state index is 0.0914. The van der Waals surface area contributed by atoms with Gasteiger partial charge in [-0.25, -0.2) is 0 Å². The van der Waals surface area contributed by atoms with E-state index in [9.17, 15) is 10.1 Å². The first-order valence-electron chi connectivity index (χ1n) is 8.94. The second-order valence-electron chi connectivity index (χ2n) is 6.71. The molecule has 2 aromatic carbocycles. The van der Waals surface area contributed by atoms with Gasteiger partial charge in [-0.2, -0.15) is 5.26 Å². The smallest absolute Gasteiger partial charge is 0.262 e. The molecular formula is C22H20N4O2. The minimum atomic E-state index is -0.427. The van der Waals surface area contributed by atoms with Gasteiger partial charge in [-0.3, -0.25) is 9.69 Å². The number of methoxy groups -OCH3 is 1. The molecule has 0 fully saturated rings. The molecule has 4 rings (SSSR count). The predicted octanol–water partition coefficient (Wildman–Crippen LogP) is 3.98. The molecule has 0 spiro atoms. The summed E-state index contributed by atoms with van der Waals surface area (Å²) in [6, 6.07) is 18.9. The van der Waals surface area contributed by atoms with Crippen molar-refractivity contribution in [2.24, 2.45) is 7.05 Å². The molecule has 140 valence electrons. The predicted molar refractivity (Wildman–Crippen MR) is 107 cm³/mol. The summed E-state index contributed by atoms with van der Waals surface area (Å²) in [6.45, 7) is 1.95. The Morgan fingerprint density at radius 3 is 2.50 bits per heavy atom. The number of ether oxygens (including phenoxy) is 1. The van der Waals surface area contributed by atoms with Crippen LogP contribution in [0.4, 0.5) is 11.4 Å². The standard InChI is InChI=1S/C22H20N4O2/c1-14-19(12-16(13-23)25(14)2)21-24-20-7-5-4-6-18(20)22(27)26(21)15-8-10-17(28-3)11-9-15/h4-12,21,24H,1-3H3/t21-/m0/s1. The van der Waals surface area contributed by atoms with Crippen molar-refractivity contribution < 1.29 is 9.53 Å². The van der Waals surface area contributed by atoms with Gasteiger partial charge in [-0.05, 0) is 49.4 Å². The number of carbonyl (C=O) groups is 1. The van der Waals surface area contributed by atoms with Gasteiger partial charge in [-0.15, -0.1) is 0 Å². The number of nitrogens with zero attached hydrogens (tertiary/aromatic N) is 3. The number of nitrogens with one attached hydrogen (secondary N) is 1. The van der Waals surface area contributed by atoms with Crippen molar-refractivity contribution >= 4 is 17.3 Å². The molecule has 0 bridgehead atoms. The van der Waals surface area contributed by atoms with Gasteiger partial charge in [0.2, 0.25) is 0 Å². The van der Waals surface area contributed by atoms with E-state index in [4.69, 9.17) is 4.74 Å². The van der Waals surface area contributed by atoms with Crippen LogP contribution in [0.3, 0.4) is 0 Å². The fourth-order valence-corrected chi connectivity index (χ4v) is 3.59. The van der Waals surface area contributed by atoms with Crippen molar-refractivity contribution in [1.29, 1.82) is 5.26 Å². The molecule has 1 amide bonds. The van der Waals surface area contributed by atoms with Crippen LogP contribution in [0.5, 0.6) is 5.75 Å². The number of carbonyl (C=O) groups excluding carboxylic acids is 1. The largest absolute Gasteiger partial charge is 0.497 e. The van der Waals surface area contributed by atoms with Crippen LogP contribution < -0.4 is 15.0 Å². The first kappa shape index (κ1) is 17.7. The molecule has 0 saturated heterocycles. The fourth-order valence-electron chi connectivity index (χ4n) is 3.59. The zero-order valence-electron chi connectivity index (χ0n) is 15.9. The first-order chi connectivity index (χ1) is 13.5. The second kappa shape index (κ2) is 6.78. The van der Waals surface area contributed by atoms with E-state index in [1.165, 1.54) is 0 Å². The highest BCUT2D eigenvalue weighted by Gasteiger charge is 2.35. The summed E-state index contributed by atoms with van der Waals surface area (Å²) in [4.78, 5) is 15.1. The summed E-state index contributed by atoms with van der Waals surface area (Å²) >= 11 is 0. The maximum atomic E-state index is 13.4. The highest BCUT2D eigenvalue weighted by atomic mass is 16.5. The van der Waals surface area contributed by atoms with Gasteiger partial charge in [0.25, 0.3) is 5.91 Å². The summed E-state index contributed by atoms with van der Waals surface area (Å²) in [5.74, 6) is 0.632. The lowest BCUT2D eigenvalue weighted by Crippen LogP contribution is -2.43. The van der Waals surface area contributed by atoms with E-state index < -0.39 is 6.17 Å². The third-order valence-corrected chi connectivity index (χ3v) is 5.26. The molecule has 6 heteroatoms. The van der Waals surface area contributed by atoms with Gasteiger partial charge in [0.05, 0.1) is 12.7 Å². The van der Waals surface area contributed by atoms with E-state index in [2.05, 4.69) is 11.4 Å². The van der Waals surface area contributed by atoms with E-state index in [-0.39, 0.29) is 5.91 Å². The maximum absolute atomic E-state index is 13.4. The average molecular weight is 372 g/mol. The number of nitriles is 1. The van der Waals surface area contributed by atoms with E-state index in [1.807, 2.05) is 73.1 Å². The monoisotopic (exact) mass is 372 g/mol. The number of para-hydroxylation sites is 1. The topological polar surface area (TPSA) is 70.3 Å². The molecule has 0 radical (unpaired) electrons. The second-order valence-corrected chi connectivity index (χ2v) is 6.71. The summed E-state index contributed by atoms with van der Waals surface area (Å²) in [7, 11) is 3.46. The molecule has 1 aliphatic rings. The van der Waals surface area contributed by atoms with Crippen molar-refractivity contribution in [1.82, 2.24) is 4.57 Å². The number of fused-ring (bicyclic) bond motifs is 1. The summed E-state index contributed by atoms with van der Waals surface area (Å²) < 4.78 is 7.09. The lowest BCUT2D eigenvalue weighted by Gasteiger charge is -2.38. The van der Waals surface area contributed by atoms with Gasteiger partial charge in [0.1, 0.15) is 23.7 Å². The van der Waals surface area contributed by atoms with Crippen LogP contribution >= 0.6 is 0 Å². The van der Waals surface area contributed by atoms with Crippen molar-refractivity contribution in [3.63, 3.8) is 0 Å². The Bertz CT molecular complexity index is 1090. The van der Waals surface area contributed by atoms with Crippen LogP contribution in [-0.2, 0) is 7.05 Å². The Kier molecular flexibility index (Phi) is 4.28. The molecule has 1 N–H and O–H groups in total. The van der Waals surface area contributed by atoms with Crippen LogP contribution in [-0.4, -0.2) is 17.6 Å². The van der Waals surface area contributed by atoms with Crippen LogP contribution in [0.25, 0.3) is 0 Å². The zero-order valence-corrected chi connectivity index (χ0v) is 15.9. The highest BCUT2D eigenvalue weighted by Crippen LogP contribution is 2.38. The highest BCUT2D eigenvalue weighted by molar-refractivity contribution is 6.12. The fraction of sp³-hybridized carbons (Fsp3) is 0.182. The van der Waals surface area contributed by atoms with Gasteiger partial charge in [0.15, 0.2) is 0 Å². The Balaban J connectivity index is 1.88. The van der Waals surface area contributed by atoms with Crippen molar-refractivity contribution in [2.75, 3.05) is 17.3 Å². The summed E-state index contributed by atoms with van der Waals surface area (Å²) in [6.07, 6.45) is -0.427. The number of aromatic nitrogens is 1. The molecule has 0 unspecified atom stereocenters. The Morgan fingerprint density at radius 1 is 1.14 bits per heavy atom. The zero-order chi connectivity index (χ0) is 19.8. The Labute approximate surface area is 163 Å². The number of benzene rings is 2. The first-order valence-corrected chi connectivity index (χ1v) is 8.94. The van der Waals surface area contributed by atoms with Gasteiger partial charge < -0.3 is 14.6 Å². The Morgan fingerprint density at radius 2 is 1.86 bits per heavy atom. The lowest BCUT2D eigenvalue weighted by atomic mass is 10.0. The van der Waals surface area contributed by atoms with Crippen molar-refractivity contribution in [3.05, 3.63) is 77.1 Å². The third kappa shape index (κ3) is 2.69. The SMILES string of the molecule is COc1ccc(N2C(=O)c3ccccc3N[C@@H]2c2cc(C#N)n(C)c2C)cc1. The molecule has 3 aromatic rings. The molecule has 0 aliphatic carbocycles. The van der Waals surface area contributed by atoms with Crippen LogP contribution in [0.1, 0.15) is 33.5 Å². The number of amides is 1. The quantitative estimate of drug-likeness (QED) is 0.755. The molecule has 28 heavy (non-hydrogen) atoms. The van der Waals surface area contributed by atoms with Crippen molar-refractivity contribution in [3.8, 4) is 11.8 Å². The number of rotatable bonds is 3. The van der Waals surface area contributed by atoms with Crippen LogP contribution in [0, 0.1) is 18.3 Å². The maximum Gasteiger partial charge on any atom is 0.262 e. The van der Waals surface area contributed by atoms with Gasteiger partial charge in [0, 0.05) is 29.7 Å². The molecule has 1 aromatic heterocycles. The summed E-state index contributed by atoms with van der Waals surface area (Å²) in [5.41, 5.74) is 4.51. The Hall–Kier alpha value is -3.72. The molecule has 1 aliphatic heterocycles. The lowest BCUT2D eigenvalue weighted by molar-refractivity contribution is 0.0975. The van der Waals surface area contributed by atoms with Crippen LogP contribution in [0.2, 0.25) is 0 Å². The molecule has 6 nitrogen and oxygen atoms in total. The molecule has 1 atom stereocenters.